The molecule has 5 heteroatoms. The Kier molecular flexibility index (Phi) is 5.77. The van der Waals surface area contributed by atoms with Crippen LogP contribution in [0.5, 0.6) is 0 Å². The lowest BCUT2D eigenvalue weighted by Crippen LogP contribution is -2.55. The minimum absolute atomic E-state index is 0.0442. The summed E-state index contributed by atoms with van der Waals surface area (Å²) in [6, 6.07) is 9.40. The zero-order valence-corrected chi connectivity index (χ0v) is 14.0. The maximum absolute atomic E-state index is 12.9. The Morgan fingerprint density at radius 1 is 1.35 bits per heavy atom. The van der Waals surface area contributed by atoms with Gasteiger partial charge in [-0.05, 0) is 31.7 Å². The van der Waals surface area contributed by atoms with E-state index in [-0.39, 0.29) is 17.7 Å². The van der Waals surface area contributed by atoms with Gasteiger partial charge in [0.05, 0.1) is 5.92 Å². The topological polar surface area (TPSA) is 75.4 Å². The van der Waals surface area contributed by atoms with Gasteiger partial charge in [0.1, 0.15) is 5.54 Å². The maximum Gasteiger partial charge on any atom is 0.246 e. The first kappa shape index (κ1) is 17.5. The van der Waals surface area contributed by atoms with Crippen LogP contribution in [-0.4, -0.2) is 36.3 Å². The predicted molar refractivity (Wildman–Crippen MR) is 90.6 cm³/mol. The van der Waals surface area contributed by atoms with E-state index in [1.165, 1.54) is 0 Å². The van der Waals surface area contributed by atoms with Gasteiger partial charge in [-0.2, -0.15) is 0 Å². The second-order valence-corrected chi connectivity index (χ2v) is 6.45. The van der Waals surface area contributed by atoms with Gasteiger partial charge in [-0.25, -0.2) is 0 Å². The number of hydrogen-bond donors (Lipinski definition) is 2. The summed E-state index contributed by atoms with van der Waals surface area (Å²) >= 11 is 0. The van der Waals surface area contributed by atoms with E-state index < -0.39 is 5.54 Å². The molecule has 0 aliphatic carbocycles. The molecular formula is C18H27N3O2. The van der Waals surface area contributed by atoms with Crippen molar-refractivity contribution in [1.82, 2.24) is 10.2 Å². The molecule has 1 aliphatic rings. The van der Waals surface area contributed by atoms with Gasteiger partial charge < -0.3 is 16.0 Å². The van der Waals surface area contributed by atoms with Crippen LogP contribution in [0.4, 0.5) is 0 Å². The lowest BCUT2D eigenvalue weighted by atomic mass is 9.89. The molecule has 5 nitrogen and oxygen atoms in total. The molecular weight excluding hydrogens is 290 g/mol. The van der Waals surface area contributed by atoms with Crippen molar-refractivity contribution in [3.05, 3.63) is 35.9 Å². The highest BCUT2D eigenvalue weighted by Crippen LogP contribution is 2.24. The highest BCUT2D eigenvalue weighted by molar-refractivity contribution is 5.88. The van der Waals surface area contributed by atoms with E-state index >= 15 is 0 Å². The summed E-state index contributed by atoms with van der Waals surface area (Å²) in [7, 11) is 0. The Morgan fingerprint density at radius 2 is 2.04 bits per heavy atom. The maximum atomic E-state index is 12.9. The van der Waals surface area contributed by atoms with Crippen molar-refractivity contribution in [1.29, 1.82) is 0 Å². The van der Waals surface area contributed by atoms with E-state index in [0.29, 0.717) is 19.6 Å². The lowest BCUT2D eigenvalue weighted by Gasteiger charge is -2.37. The Balaban J connectivity index is 2.05. The first-order valence-electron chi connectivity index (χ1n) is 8.38. The molecule has 126 valence electrons. The van der Waals surface area contributed by atoms with E-state index in [4.69, 9.17) is 5.73 Å². The summed E-state index contributed by atoms with van der Waals surface area (Å²) < 4.78 is 0. The summed E-state index contributed by atoms with van der Waals surface area (Å²) in [5.41, 5.74) is 6.05. The molecule has 0 saturated carbocycles. The number of nitrogens with one attached hydrogen (secondary N) is 1. The van der Waals surface area contributed by atoms with Crippen molar-refractivity contribution < 1.29 is 9.59 Å². The van der Waals surface area contributed by atoms with E-state index in [1.54, 1.807) is 11.8 Å². The fourth-order valence-electron chi connectivity index (χ4n) is 3.00. The molecule has 0 aromatic heterocycles. The number of hydrogen-bond acceptors (Lipinski definition) is 3. The summed E-state index contributed by atoms with van der Waals surface area (Å²) in [5, 5.41) is 2.92. The van der Waals surface area contributed by atoms with Crippen LogP contribution in [0.1, 0.15) is 38.7 Å². The molecule has 2 rings (SSSR count). The highest BCUT2D eigenvalue weighted by Gasteiger charge is 2.37. The number of benzene rings is 1. The Morgan fingerprint density at radius 3 is 2.70 bits per heavy atom. The van der Waals surface area contributed by atoms with Crippen LogP contribution in [0.25, 0.3) is 0 Å². The van der Waals surface area contributed by atoms with Crippen LogP contribution >= 0.6 is 0 Å². The first-order valence-corrected chi connectivity index (χ1v) is 8.38. The normalized spacial score (nSPS) is 20.7. The molecule has 0 spiro atoms. The number of nitrogens with zero attached hydrogens (tertiary/aromatic N) is 1. The molecule has 1 heterocycles. The van der Waals surface area contributed by atoms with Gasteiger partial charge in [-0.1, -0.05) is 37.3 Å². The molecule has 2 amide bonds. The fraction of sp³-hybridized carbons (Fsp3) is 0.556. The van der Waals surface area contributed by atoms with Gasteiger partial charge in [0.25, 0.3) is 0 Å². The summed E-state index contributed by atoms with van der Waals surface area (Å²) in [6.07, 6.45) is 2.57. The van der Waals surface area contributed by atoms with E-state index in [2.05, 4.69) is 5.32 Å². The third kappa shape index (κ3) is 4.10. The Labute approximate surface area is 138 Å². The van der Waals surface area contributed by atoms with Gasteiger partial charge in [0.2, 0.25) is 11.8 Å². The van der Waals surface area contributed by atoms with Gasteiger partial charge >= 0.3 is 0 Å². The minimum atomic E-state index is -1.07. The number of likely N-dealkylation sites (tertiary alicyclic amines) is 1. The Hall–Kier alpha value is -1.88. The molecule has 0 radical (unpaired) electrons. The van der Waals surface area contributed by atoms with Crippen LogP contribution in [0, 0.1) is 5.92 Å². The van der Waals surface area contributed by atoms with Gasteiger partial charge in [-0.15, -0.1) is 0 Å². The second kappa shape index (κ2) is 7.59. The predicted octanol–water partition coefficient (Wildman–Crippen LogP) is 1.63. The summed E-state index contributed by atoms with van der Waals surface area (Å²) in [5.74, 6) is -0.203. The number of carbonyl (C=O) groups excluding carboxylic acids is 2. The number of carbonyl (C=O) groups is 2. The number of nitrogens with two attached hydrogens (primary N) is 1. The van der Waals surface area contributed by atoms with Crippen molar-refractivity contribution in [2.24, 2.45) is 11.7 Å². The van der Waals surface area contributed by atoms with Crippen LogP contribution < -0.4 is 11.1 Å². The SMILES string of the molecule is CCCNC(=O)C1CCCN(C(=O)C(C)(N)c2ccccc2)C1. The van der Waals surface area contributed by atoms with Crippen LogP contribution in [-0.2, 0) is 15.1 Å². The van der Waals surface area contributed by atoms with Crippen molar-refractivity contribution in [3.8, 4) is 0 Å². The smallest absolute Gasteiger partial charge is 0.246 e. The van der Waals surface area contributed by atoms with E-state index in [0.717, 1.165) is 24.8 Å². The third-order valence-electron chi connectivity index (χ3n) is 4.45. The molecule has 3 N–H and O–H groups in total. The summed E-state index contributed by atoms with van der Waals surface area (Å²) in [4.78, 5) is 26.8. The first-order chi connectivity index (χ1) is 11.0. The minimum Gasteiger partial charge on any atom is -0.356 e. The van der Waals surface area contributed by atoms with Crippen LogP contribution in [0.2, 0.25) is 0 Å². The van der Waals surface area contributed by atoms with Gasteiger partial charge in [-0.3, -0.25) is 9.59 Å². The molecule has 1 fully saturated rings. The quantitative estimate of drug-likeness (QED) is 0.866. The number of amides is 2. The van der Waals surface area contributed by atoms with Gasteiger partial charge in [0.15, 0.2) is 0 Å². The summed E-state index contributed by atoms with van der Waals surface area (Å²) in [6.45, 7) is 5.56. The van der Waals surface area contributed by atoms with E-state index in [9.17, 15) is 9.59 Å². The lowest BCUT2D eigenvalue weighted by molar-refractivity contribution is -0.140. The monoisotopic (exact) mass is 317 g/mol. The number of rotatable bonds is 5. The van der Waals surface area contributed by atoms with Crippen molar-refractivity contribution in [2.75, 3.05) is 19.6 Å². The molecule has 23 heavy (non-hydrogen) atoms. The third-order valence-corrected chi connectivity index (χ3v) is 4.45. The van der Waals surface area contributed by atoms with Crippen LogP contribution in [0.15, 0.2) is 30.3 Å². The molecule has 2 unspecified atom stereocenters. The number of piperidine rings is 1. The van der Waals surface area contributed by atoms with E-state index in [1.807, 2.05) is 37.3 Å². The standard InChI is InChI=1S/C18H27N3O2/c1-3-11-20-16(22)14-8-7-12-21(13-14)17(23)18(2,19)15-9-5-4-6-10-15/h4-6,9-10,14H,3,7-8,11-13,19H2,1-2H3,(H,20,22). The van der Waals surface area contributed by atoms with Crippen LogP contribution in [0.3, 0.4) is 0 Å². The molecule has 1 saturated heterocycles. The second-order valence-electron chi connectivity index (χ2n) is 6.45. The molecule has 1 aromatic rings. The Bertz CT molecular complexity index is 542. The largest absolute Gasteiger partial charge is 0.356 e. The van der Waals surface area contributed by atoms with Crippen molar-refractivity contribution in [2.45, 2.75) is 38.6 Å². The zero-order valence-electron chi connectivity index (χ0n) is 14.0. The average molecular weight is 317 g/mol. The molecule has 1 aromatic carbocycles. The van der Waals surface area contributed by atoms with Crippen molar-refractivity contribution >= 4 is 11.8 Å². The van der Waals surface area contributed by atoms with Gasteiger partial charge in [0, 0.05) is 19.6 Å². The highest BCUT2D eigenvalue weighted by atomic mass is 16.2. The fourth-order valence-corrected chi connectivity index (χ4v) is 3.00. The zero-order chi connectivity index (χ0) is 16.9. The average Bonchev–Trinajstić information content (AvgIpc) is 2.59. The molecule has 0 bridgehead atoms. The molecule has 2 atom stereocenters. The molecule has 1 aliphatic heterocycles. The van der Waals surface area contributed by atoms with Crippen molar-refractivity contribution in [3.63, 3.8) is 0 Å².